The minimum atomic E-state index is -3.64. The van der Waals surface area contributed by atoms with Crippen LogP contribution in [-0.2, 0) is 24.3 Å². The van der Waals surface area contributed by atoms with Crippen LogP contribution in [0.3, 0.4) is 0 Å². The maximum atomic E-state index is 12.7. The Morgan fingerprint density at radius 3 is 2.38 bits per heavy atom. The Kier molecular flexibility index (Phi) is 7.34. The molecule has 8 nitrogen and oxygen atoms in total. The number of aromatic nitrogens is 1. The monoisotopic (exact) mass is 479 g/mol. The number of amides is 1. The van der Waals surface area contributed by atoms with Gasteiger partial charge in [0.2, 0.25) is 10.0 Å². The van der Waals surface area contributed by atoms with E-state index in [-0.39, 0.29) is 18.0 Å². The van der Waals surface area contributed by atoms with Gasteiger partial charge in [-0.3, -0.25) is 14.6 Å². The Labute approximate surface area is 198 Å². The lowest BCUT2D eigenvalue weighted by molar-refractivity contribution is -0.152. The zero-order valence-electron chi connectivity index (χ0n) is 18.5. The second kappa shape index (κ2) is 10.6. The van der Waals surface area contributed by atoms with Gasteiger partial charge in [-0.25, -0.2) is 8.42 Å². The first-order valence-corrected chi connectivity index (χ1v) is 12.4. The maximum Gasteiger partial charge on any atom is 0.309 e. The second-order valence-electron chi connectivity index (χ2n) is 7.93. The van der Waals surface area contributed by atoms with Crippen molar-refractivity contribution in [2.24, 2.45) is 5.92 Å². The number of hydrogen-bond acceptors (Lipinski definition) is 6. The molecule has 0 atom stereocenters. The minimum Gasteiger partial charge on any atom is -0.455 e. The lowest BCUT2D eigenvalue weighted by atomic mass is 9.98. The van der Waals surface area contributed by atoms with E-state index in [1.807, 2.05) is 48.5 Å². The topological polar surface area (TPSA) is 106 Å². The van der Waals surface area contributed by atoms with Crippen LogP contribution in [0.1, 0.15) is 12.8 Å². The van der Waals surface area contributed by atoms with Gasteiger partial charge in [-0.2, -0.15) is 4.31 Å². The molecule has 0 radical (unpaired) electrons. The lowest BCUT2D eigenvalue weighted by Gasteiger charge is -2.29. The number of para-hydroxylation sites is 1. The first-order chi connectivity index (χ1) is 16.4. The summed E-state index contributed by atoms with van der Waals surface area (Å²) in [6.45, 7) is -0.00254. The molecule has 1 aromatic heterocycles. The SMILES string of the molecule is O=C(COC(=O)C1CCN(S(=O)(=O)c2cccnc2)CC1)Nc1ccccc1-c1ccccc1. The molecular formula is C25H25N3O5S. The number of carbonyl (C=O) groups is 2. The van der Waals surface area contributed by atoms with Crippen LogP contribution in [0.5, 0.6) is 0 Å². The highest BCUT2D eigenvalue weighted by Crippen LogP contribution is 2.28. The van der Waals surface area contributed by atoms with Crippen LogP contribution in [0.4, 0.5) is 5.69 Å². The Morgan fingerprint density at radius 1 is 0.971 bits per heavy atom. The van der Waals surface area contributed by atoms with Gasteiger partial charge in [0.25, 0.3) is 5.91 Å². The minimum absolute atomic E-state index is 0.128. The van der Waals surface area contributed by atoms with E-state index in [9.17, 15) is 18.0 Å². The highest BCUT2D eigenvalue weighted by molar-refractivity contribution is 7.89. The number of esters is 1. The first-order valence-electron chi connectivity index (χ1n) is 11.0. The Bertz CT molecular complexity index is 1240. The number of benzene rings is 2. The van der Waals surface area contributed by atoms with Crippen LogP contribution < -0.4 is 5.32 Å². The summed E-state index contributed by atoms with van der Waals surface area (Å²) in [4.78, 5) is 28.9. The quantitative estimate of drug-likeness (QED) is 0.521. The van der Waals surface area contributed by atoms with Gasteiger partial charge in [0.05, 0.1) is 5.92 Å². The zero-order valence-corrected chi connectivity index (χ0v) is 19.3. The third-order valence-corrected chi connectivity index (χ3v) is 7.57. The van der Waals surface area contributed by atoms with Crippen molar-refractivity contribution in [3.8, 4) is 11.1 Å². The summed E-state index contributed by atoms with van der Waals surface area (Å²) in [5.41, 5.74) is 2.46. The van der Waals surface area contributed by atoms with Gasteiger partial charge in [0.1, 0.15) is 4.90 Å². The van der Waals surface area contributed by atoms with Crippen LogP contribution >= 0.6 is 0 Å². The molecule has 1 aliphatic heterocycles. The second-order valence-corrected chi connectivity index (χ2v) is 9.87. The average Bonchev–Trinajstić information content (AvgIpc) is 2.89. The van der Waals surface area contributed by atoms with Crippen molar-refractivity contribution in [3.05, 3.63) is 79.1 Å². The largest absolute Gasteiger partial charge is 0.455 e. The first kappa shape index (κ1) is 23.6. The predicted octanol–water partition coefficient (Wildman–Crippen LogP) is 3.33. The maximum absolute atomic E-state index is 12.7. The third-order valence-electron chi connectivity index (χ3n) is 5.69. The van der Waals surface area contributed by atoms with Crippen molar-refractivity contribution in [2.45, 2.75) is 17.7 Å². The van der Waals surface area contributed by atoms with Crippen LogP contribution in [0.25, 0.3) is 11.1 Å². The lowest BCUT2D eigenvalue weighted by Crippen LogP contribution is -2.41. The Morgan fingerprint density at radius 2 is 1.68 bits per heavy atom. The standard InChI is InChI=1S/C25H25N3O5S/c29-24(27-23-11-5-4-10-22(23)19-7-2-1-3-8-19)18-33-25(30)20-12-15-28(16-13-20)34(31,32)21-9-6-14-26-17-21/h1-11,14,17,20H,12-13,15-16,18H2,(H,27,29). The molecule has 1 saturated heterocycles. The van der Waals surface area contributed by atoms with Crippen LogP contribution in [0, 0.1) is 5.92 Å². The van der Waals surface area contributed by atoms with Crippen molar-refractivity contribution < 1.29 is 22.7 Å². The van der Waals surface area contributed by atoms with Gasteiger partial charge in [0.15, 0.2) is 6.61 Å². The molecule has 176 valence electrons. The van der Waals surface area contributed by atoms with Gasteiger partial charge in [0, 0.05) is 36.7 Å². The molecule has 4 rings (SSSR count). The summed E-state index contributed by atoms with van der Waals surface area (Å²) in [6.07, 6.45) is 3.48. The Balaban J connectivity index is 1.29. The summed E-state index contributed by atoms with van der Waals surface area (Å²) in [5, 5.41) is 2.80. The van der Waals surface area contributed by atoms with Gasteiger partial charge in [-0.1, -0.05) is 48.5 Å². The fourth-order valence-electron chi connectivity index (χ4n) is 3.88. The third kappa shape index (κ3) is 5.49. The van der Waals surface area contributed by atoms with Crippen LogP contribution in [0.15, 0.2) is 84.0 Å². The highest BCUT2D eigenvalue weighted by atomic mass is 32.2. The molecule has 1 aliphatic rings. The molecule has 0 unspecified atom stereocenters. The van der Waals surface area contributed by atoms with E-state index in [1.165, 1.54) is 22.8 Å². The number of anilines is 1. The van der Waals surface area contributed by atoms with E-state index in [1.54, 1.807) is 12.1 Å². The van der Waals surface area contributed by atoms with E-state index in [2.05, 4.69) is 10.3 Å². The summed E-state index contributed by atoms with van der Waals surface area (Å²) < 4.78 is 32.0. The van der Waals surface area contributed by atoms with Crippen molar-refractivity contribution in [2.75, 3.05) is 25.0 Å². The molecule has 1 N–H and O–H groups in total. The van der Waals surface area contributed by atoms with E-state index in [4.69, 9.17) is 4.74 Å². The summed E-state index contributed by atoms with van der Waals surface area (Å²) in [7, 11) is -3.64. The summed E-state index contributed by atoms with van der Waals surface area (Å²) in [5.74, 6) is -1.39. The molecule has 0 aliphatic carbocycles. The smallest absolute Gasteiger partial charge is 0.309 e. The molecule has 0 saturated carbocycles. The number of carbonyl (C=O) groups excluding carboxylic acids is 2. The molecular weight excluding hydrogens is 454 g/mol. The van der Waals surface area contributed by atoms with Crippen molar-refractivity contribution in [1.29, 1.82) is 0 Å². The van der Waals surface area contributed by atoms with Gasteiger partial charge in [-0.05, 0) is 36.6 Å². The molecule has 2 aromatic carbocycles. The number of sulfonamides is 1. The normalized spacial score (nSPS) is 14.9. The molecule has 1 fully saturated rings. The summed E-state index contributed by atoms with van der Waals surface area (Å²) in [6, 6.07) is 20.1. The van der Waals surface area contributed by atoms with Crippen molar-refractivity contribution >= 4 is 27.6 Å². The van der Waals surface area contributed by atoms with E-state index < -0.39 is 34.4 Å². The average molecular weight is 480 g/mol. The number of ether oxygens (including phenoxy) is 1. The molecule has 3 aromatic rings. The number of nitrogens with zero attached hydrogens (tertiary/aromatic N) is 2. The Hall–Kier alpha value is -3.56. The van der Waals surface area contributed by atoms with E-state index in [0.717, 1.165) is 11.1 Å². The number of piperidine rings is 1. The van der Waals surface area contributed by atoms with E-state index >= 15 is 0 Å². The van der Waals surface area contributed by atoms with Gasteiger partial charge >= 0.3 is 5.97 Å². The van der Waals surface area contributed by atoms with Gasteiger partial charge < -0.3 is 10.1 Å². The molecule has 34 heavy (non-hydrogen) atoms. The number of hydrogen-bond donors (Lipinski definition) is 1. The fourth-order valence-corrected chi connectivity index (χ4v) is 5.32. The number of pyridine rings is 1. The predicted molar refractivity (Wildman–Crippen MR) is 127 cm³/mol. The molecule has 1 amide bonds. The van der Waals surface area contributed by atoms with Crippen LogP contribution in [0.2, 0.25) is 0 Å². The summed E-state index contributed by atoms with van der Waals surface area (Å²) >= 11 is 0. The van der Waals surface area contributed by atoms with Gasteiger partial charge in [-0.15, -0.1) is 0 Å². The van der Waals surface area contributed by atoms with E-state index in [0.29, 0.717) is 18.5 Å². The number of rotatable bonds is 7. The number of nitrogens with one attached hydrogen (secondary N) is 1. The van der Waals surface area contributed by atoms with Crippen molar-refractivity contribution in [3.63, 3.8) is 0 Å². The molecule has 0 spiro atoms. The molecule has 9 heteroatoms. The highest BCUT2D eigenvalue weighted by Gasteiger charge is 2.33. The van der Waals surface area contributed by atoms with Crippen molar-refractivity contribution in [1.82, 2.24) is 9.29 Å². The molecule has 2 heterocycles. The van der Waals surface area contributed by atoms with Crippen LogP contribution in [-0.4, -0.2) is 49.3 Å². The fraction of sp³-hybridized carbons (Fsp3) is 0.240. The zero-order chi connectivity index (χ0) is 24.0. The molecule has 0 bridgehead atoms.